The van der Waals surface area contributed by atoms with Crippen LogP contribution in [0, 0.1) is 5.92 Å². The van der Waals surface area contributed by atoms with Crippen molar-refractivity contribution in [3.05, 3.63) is 47.5 Å². The van der Waals surface area contributed by atoms with E-state index in [1.165, 1.54) is 38.4 Å². The molecular weight excluding hydrogens is 346 g/mol. The minimum atomic E-state index is 0.0698. The number of halogens is 1. The first-order chi connectivity index (χ1) is 12.7. The molecule has 2 aliphatic rings. The van der Waals surface area contributed by atoms with E-state index in [-0.39, 0.29) is 5.92 Å². The Labute approximate surface area is 159 Å². The highest BCUT2D eigenvalue weighted by Crippen LogP contribution is 2.32. The molecule has 1 saturated carbocycles. The molecule has 2 heterocycles. The van der Waals surface area contributed by atoms with Crippen LogP contribution in [0.3, 0.4) is 0 Å². The normalized spacial score (nSPS) is 21.3. The molecule has 1 saturated heterocycles. The van der Waals surface area contributed by atoms with Crippen LogP contribution in [-0.4, -0.2) is 33.4 Å². The topological polar surface area (TPSA) is 46.1 Å². The molecule has 26 heavy (non-hydrogen) atoms. The molecule has 2 fully saturated rings. The Morgan fingerprint density at radius 1 is 1.04 bits per heavy atom. The van der Waals surface area contributed by atoms with Gasteiger partial charge >= 0.3 is 0 Å². The Balaban J connectivity index is 1.45. The van der Waals surface area contributed by atoms with E-state index in [1.807, 2.05) is 18.2 Å². The van der Waals surface area contributed by atoms with E-state index < -0.39 is 0 Å². The fourth-order valence-corrected chi connectivity index (χ4v) is 4.57. The minimum Gasteiger partial charge on any atom is -0.339 e. The molecule has 4 nitrogen and oxygen atoms in total. The number of carbonyl (C=O) groups is 1. The maximum atomic E-state index is 12.9. The maximum Gasteiger partial charge on any atom is 0.226 e. The summed E-state index contributed by atoms with van der Waals surface area (Å²) in [6.07, 6.45) is 12.9. The largest absolute Gasteiger partial charge is 0.339 e. The van der Waals surface area contributed by atoms with Crippen molar-refractivity contribution >= 4 is 17.5 Å². The van der Waals surface area contributed by atoms with Gasteiger partial charge in [0, 0.05) is 41.5 Å². The van der Waals surface area contributed by atoms with Crippen molar-refractivity contribution in [2.45, 2.75) is 51.0 Å². The summed E-state index contributed by atoms with van der Waals surface area (Å²) >= 11 is 6.52. The van der Waals surface area contributed by atoms with Crippen molar-refractivity contribution in [2.75, 3.05) is 6.54 Å². The van der Waals surface area contributed by atoms with Crippen molar-refractivity contribution < 1.29 is 4.79 Å². The molecule has 1 aromatic carbocycles. The first-order valence-electron chi connectivity index (χ1n) is 9.56. The second-order valence-electron chi connectivity index (χ2n) is 7.45. The van der Waals surface area contributed by atoms with Crippen LogP contribution in [0.5, 0.6) is 0 Å². The summed E-state index contributed by atoms with van der Waals surface area (Å²) in [5, 5.41) is 0.718. The third-order valence-electron chi connectivity index (χ3n) is 5.78. The van der Waals surface area contributed by atoms with Crippen molar-refractivity contribution in [3.63, 3.8) is 0 Å². The van der Waals surface area contributed by atoms with Crippen molar-refractivity contribution in [3.8, 4) is 11.1 Å². The quantitative estimate of drug-likeness (QED) is 0.795. The number of hydrogen-bond acceptors (Lipinski definition) is 3. The van der Waals surface area contributed by atoms with Crippen LogP contribution in [0.15, 0.2) is 36.9 Å². The van der Waals surface area contributed by atoms with E-state index >= 15 is 0 Å². The van der Waals surface area contributed by atoms with Crippen molar-refractivity contribution in [1.82, 2.24) is 14.9 Å². The van der Waals surface area contributed by atoms with Crippen molar-refractivity contribution in [1.29, 1.82) is 0 Å². The van der Waals surface area contributed by atoms with Gasteiger partial charge in [0.2, 0.25) is 5.91 Å². The van der Waals surface area contributed by atoms with E-state index in [0.29, 0.717) is 11.9 Å². The van der Waals surface area contributed by atoms with Crippen molar-refractivity contribution in [2.24, 2.45) is 5.92 Å². The molecule has 1 aromatic heterocycles. The van der Waals surface area contributed by atoms with Crippen LogP contribution in [0.2, 0.25) is 5.02 Å². The van der Waals surface area contributed by atoms with Crippen LogP contribution in [0.4, 0.5) is 0 Å². The SMILES string of the molecule is O=C1C(Cc2ccc(-c3cncnc3)cc2Cl)CCN1C1CCCCC1. The summed E-state index contributed by atoms with van der Waals surface area (Å²) in [5.41, 5.74) is 3.00. The van der Waals surface area contributed by atoms with E-state index in [4.69, 9.17) is 11.6 Å². The van der Waals surface area contributed by atoms with Crippen LogP contribution in [-0.2, 0) is 11.2 Å². The van der Waals surface area contributed by atoms with Gasteiger partial charge < -0.3 is 4.90 Å². The van der Waals surface area contributed by atoms with Crippen LogP contribution in [0.1, 0.15) is 44.1 Å². The molecule has 0 spiro atoms. The van der Waals surface area contributed by atoms with Gasteiger partial charge in [0.1, 0.15) is 6.33 Å². The molecule has 2 aromatic rings. The van der Waals surface area contributed by atoms with E-state index in [1.54, 1.807) is 12.4 Å². The zero-order chi connectivity index (χ0) is 17.9. The summed E-state index contributed by atoms with van der Waals surface area (Å²) in [6, 6.07) is 6.50. The molecule has 4 rings (SSSR count). The number of amides is 1. The van der Waals surface area contributed by atoms with Gasteiger partial charge in [-0.15, -0.1) is 0 Å². The molecule has 136 valence electrons. The van der Waals surface area contributed by atoms with Crippen LogP contribution in [0.25, 0.3) is 11.1 Å². The van der Waals surface area contributed by atoms with Gasteiger partial charge in [0.15, 0.2) is 0 Å². The highest BCUT2D eigenvalue weighted by Gasteiger charge is 2.36. The molecule has 1 aliphatic carbocycles. The Morgan fingerprint density at radius 3 is 2.54 bits per heavy atom. The lowest BCUT2D eigenvalue weighted by atomic mass is 9.94. The fourth-order valence-electron chi connectivity index (χ4n) is 4.31. The highest BCUT2D eigenvalue weighted by atomic mass is 35.5. The Bertz CT molecular complexity index is 774. The highest BCUT2D eigenvalue weighted by molar-refractivity contribution is 6.31. The second-order valence-corrected chi connectivity index (χ2v) is 7.85. The number of benzene rings is 1. The Morgan fingerprint density at radius 2 is 1.81 bits per heavy atom. The Kier molecular flexibility index (Phi) is 5.21. The zero-order valence-corrected chi connectivity index (χ0v) is 15.7. The molecule has 1 unspecified atom stereocenters. The molecule has 5 heteroatoms. The summed E-state index contributed by atoms with van der Waals surface area (Å²) in [5.74, 6) is 0.397. The molecule has 0 bridgehead atoms. The van der Waals surface area contributed by atoms with Gasteiger partial charge in [-0.2, -0.15) is 0 Å². The third-order valence-corrected chi connectivity index (χ3v) is 6.13. The second kappa shape index (κ2) is 7.75. The average molecular weight is 370 g/mol. The van der Waals surface area contributed by atoms with Gasteiger partial charge in [-0.3, -0.25) is 4.79 Å². The zero-order valence-electron chi connectivity index (χ0n) is 14.9. The Hall–Kier alpha value is -1.94. The van der Waals surface area contributed by atoms with Crippen LogP contribution >= 0.6 is 11.6 Å². The van der Waals surface area contributed by atoms with E-state index in [0.717, 1.165) is 41.1 Å². The lowest BCUT2D eigenvalue weighted by Gasteiger charge is -2.31. The lowest BCUT2D eigenvalue weighted by Crippen LogP contribution is -2.39. The smallest absolute Gasteiger partial charge is 0.226 e. The van der Waals surface area contributed by atoms with Gasteiger partial charge in [-0.25, -0.2) is 9.97 Å². The molecule has 1 atom stereocenters. The fraction of sp³-hybridized carbons (Fsp3) is 0.476. The summed E-state index contributed by atoms with van der Waals surface area (Å²) < 4.78 is 0. The summed E-state index contributed by atoms with van der Waals surface area (Å²) in [7, 11) is 0. The molecule has 1 amide bonds. The molecule has 0 N–H and O–H groups in total. The lowest BCUT2D eigenvalue weighted by molar-refractivity contribution is -0.133. The maximum absolute atomic E-state index is 12.9. The molecular formula is C21H24ClN3O. The third kappa shape index (κ3) is 3.61. The number of aromatic nitrogens is 2. The molecule has 0 radical (unpaired) electrons. The number of carbonyl (C=O) groups excluding carboxylic acids is 1. The number of hydrogen-bond donors (Lipinski definition) is 0. The number of rotatable bonds is 4. The predicted molar refractivity (Wildman–Crippen MR) is 103 cm³/mol. The number of likely N-dealkylation sites (tertiary alicyclic amines) is 1. The van der Waals surface area contributed by atoms with E-state index in [9.17, 15) is 4.79 Å². The van der Waals surface area contributed by atoms with Gasteiger partial charge in [-0.05, 0) is 42.9 Å². The first-order valence-corrected chi connectivity index (χ1v) is 9.94. The average Bonchev–Trinajstić information content (AvgIpc) is 3.05. The van der Waals surface area contributed by atoms with Gasteiger partial charge in [0.05, 0.1) is 0 Å². The van der Waals surface area contributed by atoms with Crippen LogP contribution < -0.4 is 0 Å². The predicted octanol–water partition coefficient (Wildman–Crippen LogP) is 4.52. The summed E-state index contributed by atoms with van der Waals surface area (Å²) in [6.45, 7) is 0.908. The van der Waals surface area contributed by atoms with Gasteiger partial charge in [-0.1, -0.05) is 43.0 Å². The van der Waals surface area contributed by atoms with E-state index in [2.05, 4.69) is 14.9 Å². The monoisotopic (exact) mass is 369 g/mol. The summed E-state index contributed by atoms with van der Waals surface area (Å²) in [4.78, 5) is 23.1. The standard InChI is InChI=1S/C21H24ClN3O/c22-20-11-15(18-12-23-14-24-13-18)6-7-16(20)10-17-8-9-25(21(17)26)19-4-2-1-3-5-19/h6-7,11-14,17,19H,1-5,8-10H2. The minimum absolute atomic E-state index is 0.0698. The number of nitrogens with zero attached hydrogens (tertiary/aromatic N) is 3. The first kappa shape index (κ1) is 17.5. The van der Waals surface area contributed by atoms with Gasteiger partial charge in [0.25, 0.3) is 0 Å². The molecule has 1 aliphatic heterocycles.